The maximum Gasteiger partial charge on any atom is 0.301 e. The number of carbonyl (C=O) groups excluding carboxylic acids is 1. The van der Waals surface area contributed by atoms with Crippen molar-refractivity contribution in [3.8, 4) is 6.07 Å². The lowest BCUT2D eigenvalue weighted by Gasteiger charge is -2.05. The molecule has 3 N–H and O–H groups in total. The lowest BCUT2D eigenvalue weighted by molar-refractivity contribution is 0.0926. The molecule has 6 heteroatoms. The molecule has 0 fully saturated rings. The number of nitrogens with two attached hydrogens (primary N) is 1. The molecular weight excluding hydrogens is 268 g/mol. The Labute approximate surface area is 120 Å². The monoisotopic (exact) mass is 280 g/mol. The SMILES string of the molecule is N#Cc1cccn1Cc1c(C(=O)NN)oc2ccccc12. The first-order valence-electron chi connectivity index (χ1n) is 6.31. The third-order valence-electron chi connectivity index (χ3n) is 3.31. The zero-order valence-electron chi connectivity index (χ0n) is 11.0. The van der Waals surface area contributed by atoms with Crippen LogP contribution in [0.2, 0.25) is 0 Å². The molecular formula is C15H12N4O2. The molecule has 0 radical (unpaired) electrons. The predicted molar refractivity (Wildman–Crippen MR) is 76.1 cm³/mol. The van der Waals surface area contributed by atoms with Gasteiger partial charge in [-0.15, -0.1) is 0 Å². The van der Waals surface area contributed by atoms with Crippen LogP contribution in [0.3, 0.4) is 0 Å². The van der Waals surface area contributed by atoms with Gasteiger partial charge in [0.25, 0.3) is 0 Å². The molecule has 1 amide bonds. The van der Waals surface area contributed by atoms with Crippen molar-refractivity contribution in [2.24, 2.45) is 5.84 Å². The second kappa shape index (κ2) is 5.15. The van der Waals surface area contributed by atoms with Crippen LogP contribution in [-0.2, 0) is 6.54 Å². The normalized spacial score (nSPS) is 10.5. The number of hydrazine groups is 1. The highest BCUT2D eigenvalue weighted by Gasteiger charge is 2.20. The number of rotatable bonds is 3. The molecule has 0 aliphatic rings. The average Bonchev–Trinajstić information content (AvgIpc) is 3.11. The minimum Gasteiger partial charge on any atom is -0.450 e. The highest BCUT2D eigenvalue weighted by molar-refractivity contribution is 5.98. The van der Waals surface area contributed by atoms with E-state index in [4.69, 9.17) is 15.5 Å². The zero-order valence-corrected chi connectivity index (χ0v) is 11.0. The summed E-state index contributed by atoms with van der Waals surface area (Å²) in [5, 5.41) is 9.91. The molecule has 0 aliphatic carbocycles. The van der Waals surface area contributed by atoms with E-state index < -0.39 is 5.91 Å². The molecule has 0 unspecified atom stereocenters. The van der Waals surface area contributed by atoms with Gasteiger partial charge in [0.1, 0.15) is 17.3 Å². The van der Waals surface area contributed by atoms with Crippen molar-refractivity contribution in [2.45, 2.75) is 6.54 Å². The van der Waals surface area contributed by atoms with Crippen LogP contribution in [0.1, 0.15) is 21.8 Å². The molecule has 3 rings (SSSR count). The quantitative estimate of drug-likeness (QED) is 0.434. The fourth-order valence-electron chi connectivity index (χ4n) is 2.33. The first kappa shape index (κ1) is 13.0. The zero-order chi connectivity index (χ0) is 14.8. The van der Waals surface area contributed by atoms with Crippen LogP contribution in [-0.4, -0.2) is 10.5 Å². The molecule has 3 aromatic rings. The van der Waals surface area contributed by atoms with E-state index >= 15 is 0 Å². The van der Waals surface area contributed by atoms with Gasteiger partial charge in [0.2, 0.25) is 0 Å². The fraction of sp³-hybridized carbons (Fsp3) is 0.0667. The van der Waals surface area contributed by atoms with Crippen molar-refractivity contribution in [2.75, 3.05) is 0 Å². The Morgan fingerprint density at radius 3 is 2.90 bits per heavy atom. The van der Waals surface area contributed by atoms with Crippen molar-refractivity contribution in [3.05, 3.63) is 59.6 Å². The number of para-hydroxylation sites is 1. The number of nitrogens with one attached hydrogen (secondary N) is 1. The van der Waals surface area contributed by atoms with Gasteiger partial charge in [-0.2, -0.15) is 5.26 Å². The number of benzene rings is 1. The van der Waals surface area contributed by atoms with E-state index in [9.17, 15) is 4.79 Å². The van der Waals surface area contributed by atoms with Crippen molar-refractivity contribution >= 4 is 16.9 Å². The number of nitriles is 1. The van der Waals surface area contributed by atoms with Gasteiger partial charge in [0, 0.05) is 17.1 Å². The van der Waals surface area contributed by atoms with Gasteiger partial charge < -0.3 is 8.98 Å². The topological polar surface area (TPSA) is 97.0 Å². The first-order chi connectivity index (χ1) is 10.2. The summed E-state index contributed by atoms with van der Waals surface area (Å²) in [6, 6.07) is 13.0. The summed E-state index contributed by atoms with van der Waals surface area (Å²) in [4.78, 5) is 11.9. The van der Waals surface area contributed by atoms with E-state index in [-0.39, 0.29) is 5.76 Å². The van der Waals surface area contributed by atoms with Crippen molar-refractivity contribution in [1.82, 2.24) is 9.99 Å². The summed E-state index contributed by atoms with van der Waals surface area (Å²) in [5.41, 5.74) is 3.90. The number of nitrogen functional groups attached to an aromatic ring is 1. The Kier molecular flexibility index (Phi) is 3.18. The summed E-state index contributed by atoms with van der Waals surface area (Å²) in [6.07, 6.45) is 1.78. The third-order valence-corrected chi connectivity index (χ3v) is 3.31. The van der Waals surface area contributed by atoms with Crippen LogP contribution in [0.5, 0.6) is 0 Å². The van der Waals surface area contributed by atoms with Crippen LogP contribution in [0.15, 0.2) is 47.0 Å². The molecule has 6 nitrogen and oxygen atoms in total. The molecule has 0 atom stereocenters. The predicted octanol–water partition coefficient (Wildman–Crippen LogP) is 1.76. The van der Waals surface area contributed by atoms with Gasteiger partial charge in [0.15, 0.2) is 5.76 Å². The van der Waals surface area contributed by atoms with Crippen molar-refractivity contribution in [3.63, 3.8) is 0 Å². The number of carbonyl (C=O) groups is 1. The van der Waals surface area contributed by atoms with Crippen molar-refractivity contribution < 1.29 is 9.21 Å². The maximum absolute atomic E-state index is 11.9. The second-order valence-corrected chi connectivity index (χ2v) is 4.51. The van der Waals surface area contributed by atoms with Crippen LogP contribution in [0.4, 0.5) is 0 Å². The summed E-state index contributed by atoms with van der Waals surface area (Å²) in [6.45, 7) is 0.357. The summed E-state index contributed by atoms with van der Waals surface area (Å²) in [5.74, 6) is 4.88. The van der Waals surface area contributed by atoms with E-state index in [1.165, 1.54) is 0 Å². The standard InChI is InChI=1S/C15H12N4O2/c16-8-10-4-3-7-19(10)9-12-11-5-1-2-6-13(11)21-14(12)15(20)18-17/h1-7H,9,17H2,(H,18,20). The van der Waals surface area contributed by atoms with Gasteiger partial charge >= 0.3 is 5.91 Å². The summed E-state index contributed by atoms with van der Waals surface area (Å²) >= 11 is 0. The van der Waals surface area contributed by atoms with Gasteiger partial charge in [0.05, 0.1) is 6.54 Å². The number of hydrogen-bond donors (Lipinski definition) is 2. The van der Waals surface area contributed by atoms with E-state index in [2.05, 4.69) is 11.5 Å². The Morgan fingerprint density at radius 2 is 2.14 bits per heavy atom. The lowest BCUT2D eigenvalue weighted by Crippen LogP contribution is -2.30. The lowest BCUT2D eigenvalue weighted by atomic mass is 10.1. The van der Waals surface area contributed by atoms with E-state index in [0.29, 0.717) is 23.4 Å². The molecule has 0 spiro atoms. The van der Waals surface area contributed by atoms with Gasteiger partial charge in [-0.3, -0.25) is 10.2 Å². The van der Waals surface area contributed by atoms with E-state index in [0.717, 1.165) is 5.39 Å². The number of furan rings is 1. The maximum atomic E-state index is 11.9. The molecule has 2 heterocycles. The number of aromatic nitrogens is 1. The Bertz CT molecular complexity index is 854. The van der Waals surface area contributed by atoms with Crippen LogP contribution < -0.4 is 11.3 Å². The van der Waals surface area contributed by atoms with Crippen molar-refractivity contribution in [1.29, 1.82) is 5.26 Å². The molecule has 0 saturated heterocycles. The van der Waals surface area contributed by atoms with Crippen LogP contribution in [0, 0.1) is 11.3 Å². The number of amides is 1. The minimum absolute atomic E-state index is 0.163. The van der Waals surface area contributed by atoms with Gasteiger partial charge in [-0.25, -0.2) is 5.84 Å². The summed E-state index contributed by atoms with van der Waals surface area (Å²) < 4.78 is 7.34. The second-order valence-electron chi connectivity index (χ2n) is 4.51. The Morgan fingerprint density at radius 1 is 1.33 bits per heavy atom. The smallest absolute Gasteiger partial charge is 0.301 e. The Hall–Kier alpha value is -3.04. The molecule has 0 saturated carbocycles. The molecule has 1 aromatic carbocycles. The van der Waals surface area contributed by atoms with Gasteiger partial charge in [-0.1, -0.05) is 18.2 Å². The number of fused-ring (bicyclic) bond motifs is 1. The molecule has 0 bridgehead atoms. The molecule has 21 heavy (non-hydrogen) atoms. The molecule has 2 aromatic heterocycles. The van der Waals surface area contributed by atoms with Gasteiger partial charge in [-0.05, 0) is 18.2 Å². The van der Waals surface area contributed by atoms with Crippen LogP contribution >= 0.6 is 0 Å². The fourth-order valence-corrected chi connectivity index (χ4v) is 2.33. The largest absolute Gasteiger partial charge is 0.450 e. The highest BCUT2D eigenvalue weighted by Crippen LogP contribution is 2.27. The third kappa shape index (κ3) is 2.16. The van der Waals surface area contributed by atoms with E-state index in [1.807, 2.05) is 18.2 Å². The van der Waals surface area contributed by atoms with Crippen LogP contribution in [0.25, 0.3) is 11.0 Å². The Balaban J connectivity index is 2.16. The van der Waals surface area contributed by atoms with E-state index in [1.54, 1.807) is 29.0 Å². The summed E-state index contributed by atoms with van der Waals surface area (Å²) in [7, 11) is 0. The number of nitrogens with zero attached hydrogens (tertiary/aromatic N) is 2. The first-order valence-corrected chi connectivity index (χ1v) is 6.31. The molecule has 104 valence electrons. The highest BCUT2D eigenvalue weighted by atomic mass is 16.3. The molecule has 0 aliphatic heterocycles. The minimum atomic E-state index is -0.494. The average molecular weight is 280 g/mol. The number of hydrogen-bond acceptors (Lipinski definition) is 4.